The predicted molar refractivity (Wildman–Crippen MR) is 59.8 cm³/mol. The second-order valence-electron chi connectivity index (χ2n) is 3.68. The molecule has 12 heavy (non-hydrogen) atoms. The van der Waals surface area contributed by atoms with Gasteiger partial charge in [0.15, 0.2) is 8.24 Å². The molecule has 0 aromatic heterocycles. The first-order chi connectivity index (χ1) is 5.63. The third kappa shape index (κ3) is 2.76. The van der Waals surface area contributed by atoms with Crippen LogP contribution in [0.2, 0.25) is 11.6 Å². The second kappa shape index (κ2) is 5.54. The van der Waals surface area contributed by atoms with Crippen molar-refractivity contribution in [1.82, 2.24) is 4.98 Å². The lowest BCUT2D eigenvalue weighted by Gasteiger charge is -2.32. The fourth-order valence-electron chi connectivity index (χ4n) is 1.73. The SMILES string of the molecule is C=C[Si](CCC)(NCC)C(C)C. The third-order valence-electron chi connectivity index (χ3n) is 2.56. The van der Waals surface area contributed by atoms with Crippen LogP contribution in [0.5, 0.6) is 0 Å². The molecular formula is C10H23NSi. The zero-order chi connectivity index (χ0) is 9.61. The smallest absolute Gasteiger partial charge is 0.152 e. The van der Waals surface area contributed by atoms with Crippen molar-refractivity contribution >= 4 is 8.24 Å². The van der Waals surface area contributed by atoms with E-state index in [0.29, 0.717) is 0 Å². The summed E-state index contributed by atoms with van der Waals surface area (Å²) in [4.78, 5) is 3.67. The average molecular weight is 185 g/mol. The highest BCUT2D eigenvalue weighted by Crippen LogP contribution is 2.24. The normalized spacial score (nSPS) is 16.1. The Morgan fingerprint density at radius 3 is 2.25 bits per heavy atom. The van der Waals surface area contributed by atoms with Crippen molar-refractivity contribution in [2.75, 3.05) is 6.54 Å². The van der Waals surface area contributed by atoms with Gasteiger partial charge in [0.2, 0.25) is 0 Å². The molecule has 0 radical (unpaired) electrons. The molecule has 0 rings (SSSR count). The van der Waals surface area contributed by atoms with Gasteiger partial charge in [0.25, 0.3) is 0 Å². The summed E-state index contributed by atoms with van der Waals surface area (Å²) in [5.41, 5.74) is 2.97. The van der Waals surface area contributed by atoms with E-state index in [1.807, 2.05) is 0 Å². The fourth-order valence-corrected chi connectivity index (χ4v) is 5.20. The Labute approximate surface area is 78.3 Å². The van der Waals surface area contributed by atoms with Crippen LogP contribution in [0.25, 0.3) is 0 Å². The van der Waals surface area contributed by atoms with Gasteiger partial charge in [-0.25, -0.2) is 0 Å². The van der Waals surface area contributed by atoms with Gasteiger partial charge in [0.05, 0.1) is 0 Å². The van der Waals surface area contributed by atoms with Crippen molar-refractivity contribution in [2.45, 2.75) is 45.7 Å². The summed E-state index contributed by atoms with van der Waals surface area (Å²) in [6, 6.07) is 1.32. The van der Waals surface area contributed by atoms with Crippen LogP contribution in [0, 0.1) is 0 Å². The number of hydrogen-bond acceptors (Lipinski definition) is 1. The Bertz CT molecular complexity index is 126. The summed E-state index contributed by atoms with van der Waals surface area (Å²) in [7, 11) is -1.33. The molecule has 1 atom stereocenters. The minimum absolute atomic E-state index is 0.759. The Balaban J connectivity index is 4.38. The van der Waals surface area contributed by atoms with Crippen molar-refractivity contribution < 1.29 is 0 Å². The summed E-state index contributed by atoms with van der Waals surface area (Å²) < 4.78 is 0. The van der Waals surface area contributed by atoms with E-state index in [9.17, 15) is 0 Å². The van der Waals surface area contributed by atoms with Crippen LogP contribution in [0.3, 0.4) is 0 Å². The minimum atomic E-state index is -1.33. The van der Waals surface area contributed by atoms with Crippen molar-refractivity contribution in [3.63, 3.8) is 0 Å². The van der Waals surface area contributed by atoms with Gasteiger partial charge < -0.3 is 4.98 Å². The van der Waals surface area contributed by atoms with Gasteiger partial charge >= 0.3 is 0 Å². The van der Waals surface area contributed by atoms with E-state index in [-0.39, 0.29) is 0 Å². The summed E-state index contributed by atoms with van der Waals surface area (Å²) in [6.07, 6.45) is 1.27. The molecule has 0 amide bonds. The Kier molecular flexibility index (Phi) is 5.50. The molecule has 0 aliphatic heterocycles. The largest absolute Gasteiger partial charge is 0.334 e. The summed E-state index contributed by atoms with van der Waals surface area (Å²) >= 11 is 0. The molecule has 0 aromatic carbocycles. The van der Waals surface area contributed by atoms with Crippen LogP contribution in [0.15, 0.2) is 12.3 Å². The highest BCUT2D eigenvalue weighted by atomic mass is 28.3. The van der Waals surface area contributed by atoms with E-state index in [1.54, 1.807) is 0 Å². The molecule has 72 valence electrons. The molecule has 2 heteroatoms. The van der Waals surface area contributed by atoms with E-state index in [2.05, 4.69) is 45.0 Å². The Hall–Kier alpha value is -0.0831. The van der Waals surface area contributed by atoms with Crippen LogP contribution in [-0.2, 0) is 0 Å². The van der Waals surface area contributed by atoms with Crippen molar-refractivity contribution in [3.05, 3.63) is 12.3 Å². The van der Waals surface area contributed by atoms with Crippen LogP contribution >= 0.6 is 0 Å². The van der Waals surface area contributed by atoms with Crippen LogP contribution < -0.4 is 4.98 Å². The van der Waals surface area contributed by atoms with Gasteiger partial charge in [0.1, 0.15) is 0 Å². The van der Waals surface area contributed by atoms with E-state index >= 15 is 0 Å². The summed E-state index contributed by atoms with van der Waals surface area (Å²) in [6.45, 7) is 14.1. The number of rotatable bonds is 6. The van der Waals surface area contributed by atoms with E-state index in [0.717, 1.165) is 12.1 Å². The molecular weight excluding hydrogens is 162 g/mol. The zero-order valence-electron chi connectivity index (χ0n) is 8.98. The Morgan fingerprint density at radius 1 is 1.42 bits per heavy atom. The first-order valence-corrected chi connectivity index (χ1v) is 7.37. The van der Waals surface area contributed by atoms with Crippen molar-refractivity contribution in [1.29, 1.82) is 0 Å². The second-order valence-corrected chi connectivity index (χ2v) is 8.18. The topological polar surface area (TPSA) is 12.0 Å². The first-order valence-electron chi connectivity index (χ1n) is 5.01. The summed E-state index contributed by atoms with van der Waals surface area (Å²) in [5, 5.41) is 0. The van der Waals surface area contributed by atoms with Gasteiger partial charge in [0, 0.05) is 0 Å². The maximum atomic E-state index is 3.99. The molecule has 0 aliphatic carbocycles. The molecule has 0 spiro atoms. The third-order valence-corrected chi connectivity index (χ3v) is 7.69. The molecule has 0 aromatic rings. The van der Waals surface area contributed by atoms with Gasteiger partial charge in [-0.05, 0) is 18.1 Å². The summed E-state index contributed by atoms with van der Waals surface area (Å²) in [5.74, 6) is 0. The van der Waals surface area contributed by atoms with Gasteiger partial charge in [-0.3, -0.25) is 0 Å². The van der Waals surface area contributed by atoms with Crippen LogP contribution in [-0.4, -0.2) is 14.8 Å². The van der Waals surface area contributed by atoms with Crippen LogP contribution in [0.4, 0.5) is 0 Å². The predicted octanol–water partition coefficient (Wildman–Crippen LogP) is 3.09. The monoisotopic (exact) mass is 185 g/mol. The fraction of sp³-hybridized carbons (Fsp3) is 0.800. The van der Waals surface area contributed by atoms with Crippen molar-refractivity contribution in [2.24, 2.45) is 0 Å². The minimum Gasteiger partial charge on any atom is -0.334 e. The molecule has 1 N–H and O–H groups in total. The van der Waals surface area contributed by atoms with Gasteiger partial charge in [-0.1, -0.05) is 39.8 Å². The highest BCUT2D eigenvalue weighted by molar-refractivity contribution is 6.83. The molecule has 0 bridgehead atoms. The van der Waals surface area contributed by atoms with Gasteiger partial charge in [-0.2, -0.15) is 0 Å². The van der Waals surface area contributed by atoms with Crippen LogP contribution in [0.1, 0.15) is 34.1 Å². The van der Waals surface area contributed by atoms with Crippen molar-refractivity contribution in [3.8, 4) is 0 Å². The standard InChI is InChI=1S/C10H23NSi/c1-6-9-12(8-3,10(4)5)11-7-2/h8,10-11H,3,6-7,9H2,1-2,4-5H3. The Morgan fingerprint density at radius 2 is 2.00 bits per heavy atom. The molecule has 0 heterocycles. The molecule has 0 saturated heterocycles. The first kappa shape index (κ1) is 11.9. The average Bonchev–Trinajstić information content (AvgIpc) is 2.03. The van der Waals surface area contributed by atoms with E-state index < -0.39 is 8.24 Å². The maximum absolute atomic E-state index is 3.99. The molecule has 0 fully saturated rings. The van der Waals surface area contributed by atoms with Gasteiger partial charge in [-0.15, -0.1) is 6.58 Å². The molecule has 0 aliphatic rings. The quantitative estimate of drug-likeness (QED) is 0.627. The lowest BCUT2D eigenvalue weighted by Crippen LogP contribution is -2.51. The molecule has 1 unspecified atom stereocenters. The highest BCUT2D eigenvalue weighted by Gasteiger charge is 2.31. The van der Waals surface area contributed by atoms with E-state index in [4.69, 9.17) is 0 Å². The van der Waals surface area contributed by atoms with E-state index in [1.165, 1.54) is 12.5 Å². The lowest BCUT2D eigenvalue weighted by atomic mass is 10.5. The lowest BCUT2D eigenvalue weighted by molar-refractivity contribution is 0.850. The number of hydrogen-bond donors (Lipinski definition) is 1. The molecule has 1 nitrogen and oxygen atoms in total. The zero-order valence-corrected chi connectivity index (χ0v) is 9.98. The maximum Gasteiger partial charge on any atom is 0.152 e. The number of nitrogens with one attached hydrogen (secondary N) is 1. The molecule has 0 saturated carbocycles.